The van der Waals surface area contributed by atoms with E-state index < -0.39 is 17.6 Å². The van der Waals surface area contributed by atoms with E-state index in [1.807, 2.05) is 66.7 Å². The molecule has 10 nitrogen and oxygen atoms in total. The molecular weight excluding hydrogens is 536 g/mol. The molecule has 0 saturated carbocycles. The van der Waals surface area contributed by atoms with Gasteiger partial charge in [0.2, 0.25) is 12.0 Å². The van der Waals surface area contributed by atoms with Crippen molar-refractivity contribution in [2.45, 2.75) is 32.0 Å². The molecule has 0 saturated heterocycles. The predicted molar refractivity (Wildman–Crippen MR) is 156 cm³/mol. The Bertz CT molecular complexity index is 1570. The molecule has 0 fully saturated rings. The number of carboxylic acid groups (broad SMARTS) is 1. The van der Waals surface area contributed by atoms with Crippen LogP contribution in [0.5, 0.6) is 17.5 Å². The van der Waals surface area contributed by atoms with Crippen molar-refractivity contribution in [2.24, 2.45) is 0 Å². The predicted octanol–water partition coefficient (Wildman–Crippen LogP) is 4.02. The molecule has 0 bridgehead atoms. The number of methoxy groups -OCH3 is 2. The number of nitrogens with zero attached hydrogens (tertiary/aromatic N) is 3. The lowest BCUT2D eigenvalue weighted by atomic mass is 9.77. The summed E-state index contributed by atoms with van der Waals surface area (Å²) in [5.74, 6) is -0.329. The van der Waals surface area contributed by atoms with Crippen LogP contribution in [0.15, 0.2) is 78.9 Å². The Balaban J connectivity index is 1.70. The maximum Gasteiger partial charge on any atom is 0.347 e. The smallest absolute Gasteiger partial charge is 0.347 e. The Morgan fingerprint density at radius 1 is 0.952 bits per heavy atom. The molecule has 2 atom stereocenters. The molecule has 2 heterocycles. The van der Waals surface area contributed by atoms with Crippen LogP contribution in [0.2, 0.25) is 0 Å². The summed E-state index contributed by atoms with van der Waals surface area (Å²) in [6.07, 6.45) is -1.55. The molecule has 0 aliphatic carbocycles. The zero-order valence-corrected chi connectivity index (χ0v) is 23.8. The molecule has 4 aromatic rings. The third-order valence-corrected chi connectivity index (χ3v) is 7.22. The third-order valence-electron chi connectivity index (χ3n) is 7.22. The number of amides is 1. The number of rotatable bonds is 9. The van der Waals surface area contributed by atoms with Crippen molar-refractivity contribution < 1.29 is 28.9 Å². The summed E-state index contributed by atoms with van der Waals surface area (Å²) in [6.45, 7) is 3.58. The number of carboxylic acids is 1. The van der Waals surface area contributed by atoms with Crippen LogP contribution in [0, 0.1) is 13.8 Å². The number of aromatic nitrogens is 2. The standard InChI is InChI=1S/C32H32N4O6/c1-20-14-21(2)35-31(34-20)42-29(30(38)39)32(23-10-6-5-7-11-23)26-12-8-9-13-27(26)36(28(37)18-33-32)19-22-15-24(40-3)17-25(16-22)41-4/h5-17,29,33H,18-19H2,1-4H3,(H,38,39)/t29-,32+/m1/s1. The first-order valence-corrected chi connectivity index (χ1v) is 13.4. The Morgan fingerprint density at radius 2 is 1.57 bits per heavy atom. The van der Waals surface area contributed by atoms with Crippen LogP contribution >= 0.6 is 0 Å². The van der Waals surface area contributed by atoms with Gasteiger partial charge in [0.1, 0.15) is 17.0 Å². The highest BCUT2D eigenvalue weighted by Gasteiger charge is 2.52. The van der Waals surface area contributed by atoms with Crippen molar-refractivity contribution >= 4 is 17.6 Å². The monoisotopic (exact) mass is 568 g/mol. The van der Waals surface area contributed by atoms with Gasteiger partial charge in [0.05, 0.1) is 27.3 Å². The molecule has 1 aliphatic heterocycles. The summed E-state index contributed by atoms with van der Waals surface area (Å²) in [7, 11) is 3.13. The Morgan fingerprint density at radius 3 is 2.19 bits per heavy atom. The van der Waals surface area contributed by atoms with E-state index in [2.05, 4.69) is 15.3 Å². The number of para-hydroxylation sites is 1. The average molecular weight is 569 g/mol. The maximum atomic E-state index is 13.8. The molecule has 0 spiro atoms. The molecule has 5 rings (SSSR count). The van der Waals surface area contributed by atoms with E-state index in [0.29, 0.717) is 39.7 Å². The number of carbonyl (C=O) groups is 2. The fourth-order valence-corrected chi connectivity index (χ4v) is 5.42. The van der Waals surface area contributed by atoms with Crippen LogP contribution in [0.1, 0.15) is 28.1 Å². The first-order valence-electron chi connectivity index (χ1n) is 13.4. The van der Waals surface area contributed by atoms with E-state index in [1.165, 1.54) is 0 Å². The summed E-state index contributed by atoms with van der Waals surface area (Å²) < 4.78 is 17.0. The lowest BCUT2D eigenvalue weighted by Crippen LogP contribution is -2.58. The van der Waals surface area contributed by atoms with Crippen LogP contribution in [0.3, 0.4) is 0 Å². The molecule has 1 amide bonds. The molecule has 1 aromatic heterocycles. The van der Waals surface area contributed by atoms with Gasteiger partial charge in [-0.3, -0.25) is 10.1 Å². The van der Waals surface area contributed by atoms with Crippen molar-refractivity contribution in [3.8, 4) is 17.5 Å². The zero-order valence-electron chi connectivity index (χ0n) is 23.8. The summed E-state index contributed by atoms with van der Waals surface area (Å²) in [5, 5.41) is 14.0. The van der Waals surface area contributed by atoms with E-state index >= 15 is 0 Å². The lowest BCUT2D eigenvalue weighted by Gasteiger charge is -2.39. The van der Waals surface area contributed by atoms with Crippen LogP contribution in [0.4, 0.5) is 5.69 Å². The Kier molecular flexibility index (Phi) is 8.08. The van der Waals surface area contributed by atoms with Crippen molar-refractivity contribution in [1.82, 2.24) is 15.3 Å². The molecule has 0 radical (unpaired) electrons. The molecule has 0 unspecified atom stereocenters. The summed E-state index contributed by atoms with van der Waals surface area (Å²) in [6, 6.07) is 23.5. The van der Waals surface area contributed by atoms with E-state index in [0.717, 1.165) is 5.56 Å². The summed E-state index contributed by atoms with van der Waals surface area (Å²) in [5.41, 5.74) is 2.24. The van der Waals surface area contributed by atoms with Gasteiger partial charge in [0, 0.05) is 28.7 Å². The number of carbonyl (C=O) groups excluding carboxylic acids is 1. The number of fused-ring (bicyclic) bond motifs is 1. The number of nitrogens with one attached hydrogen (secondary N) is 1. The van der Waals surface area contributed by atoms with Gasteiger partial charge in [0.15, 0.2) is 0 Å². The summed E-state index contributed by atoms with van der Waals surface area (Å²) >= 11 is 0. The van der Waals surface area contributed by atoms with Crippen LogP contribution in [-0.2, 0) is 21.7 Å². The Hall–Kier alpha value is -4.96. The normalized spacial score (nSPS) is 17.1. The number of aliphatic carboxylic acids is 1. The van der Waals surface area contributed by atoms with Gasteiger partial charge < -0.3 is 24.2 Å². The van der Waals surface area contributed by atoms with E-state index in [1.54, 1.807) is 45.1 Å². The molecule has 10 heteroatoms. The van der Waals surface area contributed by atoms with Crippen LogP contribution in [-0.4, -0.2) is 53.8 Å². The first kappa shape index (κ1) is 28.6. The number of hydrogen-bond donors (Lipinski definition) is 2. The maximum absolute atomic E-state index is 13.8. The van der Waals surface area contributed by atoms with Gasteiger partial charge in [-0.25, -0.2) is 14.8 Å². The van der Waals surface area contributed by atoms with E-state index in [-0.39, 0.29) is 25.0 Å². The molecule has 42 heavy (non-hydrogen) atoms. The number of aryl methyl sites for hydroxylation is 2. The zero-order chi connectivity index (χ0) is 29.9. The van der Waals surface area contributed by atoms with Gasteiger partial charge in [0.25, 0.3) is 0 Å². The second-order valence-corrected chi connectivity index (χ2v) is 10.0. The minimum atomic E-state index is -1.55. The second kappa shape index (κ2) is 11.9. The van der Waals surface area contributed by atoms with Crippen molar-refractivity contribution in [3.63, 3.8) is 0 Å². The highest BCUT2D eigenvalue weighted by Crippen LogP contribution is 2.42. The van der Waals surface area contributed by atoms with Crippen LogP contribution in [0.25, 0.3) is 0 Å². The lowest BCUT2D eigenvalue weighted by molar-refractivity contribution is -0.149. The minimum absolute atomic E-state index is 0.0645. The van der Waals surface area contributed by atoms with Gasteiger partial charge in [-0.2, -0.15) is 0 Å². The van der Waals surface area contributed by atoms with Gasteiger partial charge in [-0.05, 0) is 49.2 Å². The van der Waals surface area contributed by atoms with Crippen molar-refractivity contribution in [1.29, 1.82) is 0 Å². The quantitative estimate of drug-likeness (QED) is 0.308. The highest BCUT2D eigenvalue weighted by molar-refractivity contribution is 5.97. The SMILES string of the molecule is COc1cc(CN2C(=O)CN[C@](c3ccccc3)([C@H](Oc3nc(C)cc(C)n3)C(=O)O)c3ccccc32)cc(OC)c1. The number of anilines is 1. The summed E-state index contributed by atoms with van der Waals surface area (Å²) in [4.78, 5) is 37.3. The fourth-order valence-electron chi connectivity index (χ4n) is 5.42. The van der Waals surface area contributed by atoms with Crippen LogP contribution < -0.4 is 24.4 Å². The fraction of sp³-hybridized carbons (Fsp3) is 0.250. The number of ether oxygens (including phenoxy) is 3. The molecule has 216 valence electrons. The third kappa shape index (κ3) is 5.48. The largest absolute Gasteiger partial charge is 0.497 e. The first-order chi connectivity index (χ1) is 20.2. The molecule has 1 aliphatic rings. The van der Waals surface area contributed by atoms with Crippen molar-refractivity contribution in [3.05, 3.63) is 107 Å². The minimum Gasteiger partial charge on any atom is -0.497 e. The van der Waals surface area contributed by atoms with Crippen molar-refractivity contribution in [2.75, 3.05) is 25.7 Å². The Labute approximate surface area is 243 Å². The van der Waals surface area contributed by atoms with Gasteiger partial charge in [-0.1, -0.05) is 48.5 Å². The molecular formula is C32H32N4O6. The second-order valence-electron chi connectivity index (χ2n) is 10.0. The topological polar surface area (TPSA) is 123 Å². The number of hydrogen-bond acceptors (Lipinski definition) is 8. The van der Waals surface area contributed by atoms with E-state index in [9.17, 15) is 14.7 Å². The van der Waals surface area contributed by atoms with E-state index in [4.69, 9.17) is 14.2 Å². The number of benzene rings is 3. The molecule has 2 N–H and O–H groups in total. The van der Waals surface area contributed by atoms with Gasteiger partial charge >= 0.3 is 12.0 Å². The van der Waals surface area contributed by atoms with Gasteiger partial charge in [-0.15, -0.1) is 0 Å². The average Bonchev–Trinajstić information content (AvgIpc) is 3.10. The molecule has 3 aromatic carbocycles. The highest BCUT2D eigenvalue weighted by atomic mass is 16.5.